The molecule has 18 heavy (non-hydrogen) atoms. The van der Waals surface area contributed by atoms with Crippen LogP contribution in [0, 0.1) is 13.8 Å². The summed E-state index contributed by atoms with van der Waals surface area (Å²) in [7, 11) is 0. The van der Waals surface area contributed by atoms with Crippen LogP contribution in [-0.4, -0.2) is 29.5 Å². The van der Waals surface area contributed by atoms with E-state index in [-0.39, 0.29) is 12.4 Å². The van der Waals surface area contributed by atoms with E-state index >= 15 is 0 Å². The SMILES string of the molecule is CCOC(=O)CC(O)CSc1ccc(C)c(C)c1. The molecule has 1 unspecified atom stereocenters. The highest BCUT2D eigenvalue weighted by Crippen LogP contribution is 2.22. The third-order valence-electron chi connectivity index (χ3n) is 2.63. The van der Waals surface area contributed by atoms with Crippen LogP contribution in [0.1, 0.15) is 24.5 Å². The Bertz CT molecular complexity index is 404. The van der Waals surface area contributed by atoms with Crippen molar-refractivity contribution in [3.8, 4) is 0 Å². The topological polar surface area (TPSA) is 46.5 Å². The zero-order chi connectivity index (χ0) is 13.5. The van der Waals surface area contributed by atoms with Crippen molar-refractivity contribution in [1.29, 1.82) is 0 Å². The van der Waals surface area contributed by atoms with Crippen LogP contribution in [-0.2, 0) is 9.53 Å². The molecule has 1 aromatic rings. The molecule has 1 rings (SSSR count). The van der Waals surface area contributed by atoms with Crippen LogP contribution in [0.2, 0.25) is 0 Å². The van der Waals surface area contributed by atoms with E-state index in [4.69, 9.17) is 4.74 Å². The van der Waals surface area contributed by atoms with Crippen LogP contribution in [0.4, 0.5) is 0 Å². The summed E-state index contributed by atoms with van der Waals surface area (Å²) in [4.78, 5) is 12.3. The number of carbonyl (C=O) groups is 1. The van der Waals surface area contributed by atoms with E-state index < -0.39 is 6.10 Å². The van der Waals surface area contributed by atoms with Gasteiger partial charge in [0.05, 0.1) is 19.1 Å². The number of aliphatic hydroxyl groups excluding tert-OH is 1. The summed E-state index contributed by atoms with van der Waals surface area (Å²) >= 11 is 1.55. The lowest BCUT2D eigenvalue weighted by atomic mass is 10.1. The molecule has 0 bridgehead atoms. The third kappa shape index (κ3) is 5.10. The molecular weight excluding hydrogens is 248 g/mol. The monoisotopic (exact) mass is 268 g/mol. The summed E-state index contributed by atoms with van der Waals surface area (Å²) in [5, 5.41) is 9.71. The van der Waals surface area contributed by atoms with E-state index in [9.17, 15) is 9.90 Å². The minimum atomic E-state index is -0.657. The number of esters is 1. The number of carbonyl (C=O) groups excluding carboxylic acids is 1. The van der Waals surface area contributed by atoms with Crippen molar-refractivity contribution in [1.82, 2.24) is 0 Å². The third-order valence-corrected chi connectivity index (χ3v) is 3.77. The van der Waals surface area contributed by atoms with Crippen molar-refractivity contribution in [3.05, 3.63) is 29.3 Å². The van der Waals surface area contributed by atoms with E-state index in [1.54, 1.807) is 18.7 Å². The first kappa shape index (κ1) is 15.1. The van der Waals surface area contributed by atoms with Gasteiger partial charge in [-0.1, -0.05) is 6.07 Å². The minimum Gasteiger partial charge on any atom is -0.466 e. The number of ether oxygens (including phenoxy) is 1. The Morgan fingerprint density at radius 2 is 2.11 bits per heavy atom. The van der Waals surface area contributed by atoms with Crippen LogP contribution in [0.25, 0.3) is 0 Å². The predicted octanol–water partition coefficient (Wildman–Crippen LogP) is 2.71. The van der Waals surface area contributed by atoms with E-state index in [1.807, 2.05) is 6.07 Å². The van der Waals surface area contributed by atoms with Crippen LogP contribution in [0.5, 0.6) is 0 Å². The molecule has 4 heteroatoms. The molecule has 0 spiro atoms. The van der Waals surface area contributed by atoms with Gasteiger partial charge >= 0.3 is 5.97 Å². The molecule has 0 aliphatic rings. The highest BCUT2D eigenvalue weighted by atomic mass is 32.2. The normalized spacial score (nSPS) is 12.2. The fraction of sp³-hybridized carbons (Fsp3) is 0.500. The van der Waals surface area contributed by atoms with Gasteiger partial charge < -0.3 is 9.84 Å². The number of hydrogen-bond acceptors (Lipinski definition) is 4. The molecule has 0 saturated carbocycles. The van der Waals surface area contributed by atoms with Crippen molar-refractivity contribution in [2.45, 2.75) is 38.2 Å². The molecule has 0 amide bonds. The molecule has 0 radical (unpaired) electrons. The number of hydrogen-bond donors (Lipinski definition) is 1. The average molecular weight is 268 g/mol. The maximum absolute atomic E-state index is 11.2. The molecule has 100 valence electrons. The quantitative estimate of drug-likeness (QED) is 0.636. The smallest absolute Gasteiger partial charge is 0.308 e. The molecule has 0 aliphatic heterocycles. The summed E-state index contributed by atoms with van der Waals surface area (Å²) in [6.45, 7) is 6.25. The zero-order valence-electron chi connectivity index (χ0n) is 11.1. The molecule has 0 heterocycles. The zero-order valence-corrected chi connectivity index (χ0v) is 11.9. The van der Waals surface area contributed by atoms with Gasteiger partial charge in [0.2, 0.25) is 0 Å². The first-order valence-electron chi connectivity index (χ1n) is 6.06. The second-order valence-corrected chi connectivity index (χ2v) is 5.31. The first-order valence-corrected chi connectivity index (χ1v) is 7.05. The second kappa shape index (κ2) is 7.44. The second-order valence-electron chi connectivity index (χ2n) is 4.22. The summed E-state index contributed by atoms with van der Waals surface area (Å²) in [6.07, 6.45) is -0.596. The molecule has 1 aromatic carbocycles. The van der Waals surface area contributed by atoms with Gasteiger partial charge in [-0.15, -0.1) is 11.8 Å². The Morgan fingerprint density at radius 3 is 2.72 bits per heavy atom. The van der Waals surface area contributed by atoms with Crippen LogP contribution in [0.15, 0.2) is 23.1 Å². The van der Waals surface area contributed by atoms with Gasteiger partial charge in [0.25, 0.3) is 0 Å². The van der Waals surface area contributed by atoms with E-state index in [1.165, 1.54) is 11.1 Å². The Hall–Kier alpha value is -1.00. The van der Waals surface area contributed by atoms with Crippen molar-refractivity contribution in [3.63, 3.8) is 0 Å². The number of rotatable bonds is 6. The highest BCUT2D eigenvalue weighted by Gasteiger charge is 2.12. The molecular formula is C14H20O3S. The molecule has 3 nitrogen and oxygen atoms in total. The van der Waals surface area contributed by atoms with E-state index in [2.05, 4.69) is 26.0 Å². The Kier molecular flexibility index (Phi) is 6.22. The molecule has 1 N–H and O–H groups in total. The molecule has 0 saturated heterocycles. The van der Waals surface area contributed by atoms with E-state index in [0.29, 0.717) is 12.4 Å². The summed E-state index contributed by atoms with van der Waals surface area (Å²) < 4.78 is 4.79. The first-order chi connectivity index (χ1) is 8.52. The fourth-order valence-corrected chi connectivity index (χ4v) is 2.39. The lowest BCUT2D eigenvalue weighted by Gasteiger charge is -2.10. The van der Waals surface area contributed by atoms with Gasteiger partial charge in [-0.3, -0.25) is 4.79 Å². The largest absolute Gasteiger partial charge is 0.466 e. The van der Waals surface area contributed by atoms with Gasteiger partial charge in [0, 0.05) is 10.6 Å². The summed E-state index contributed by atoms with van der Waals surface area (Å²) in [5.41, 5.74) is 2.49. The number of thioether (sulfide) groups is 1. The number of aliphatic hydroxyl groups is 1. The predicted molar refractivity (Wildman–Crippen MR) is 73.9 cm³/mol. The van der Waals surface area contributed by atoms with Crippen molar-refractivity contribution < 1.29 is 14.6 Å². The highest BCUT2D eigenvalue weighted by molar-refractivity contribution is 7.99. The van der Waals surface area contributed by atoms with E-state index in [0.717, 1.165) is 4.90 Å². The standard InChI is InChI=1S/C14H20O3S/c1-4-17-14(16)8-12(15)9-18-13-6-5-10(2)11(3)7-13/h5-7,12,15H,4,8-9H2,1-3H3. The van der Waals surface area contributed by atoms with Crippen molar-refractivity contribution in [2.24, 2.45) is 0 Å². The van der Waals surface area contributed by atoms with Crippen molar-refractivity contribution >= 4 is 17.7 Å². The Balaban J connectivity index is 2.40. The maximum Gasteiger partial charge on any atom is 0.308 e. The lowest BCUT2D eigenvalue weighted by molar-refractivity contribution is -0.144. The van der Waals surface area contributed by atoms with Crippen LogP contribution in [0.3, 0.4) is 0 Å². The van der Waals surface area contributed by atoms with Gasteiger partial charge in [0.1, 0.15) is 0 Å². The van der Waals surface area contributed by atoms with Gasteiger partial charge in [-0.25, -0.2) is 0 Å². The van der Waals surface area contributed by atoms with Crippen molar-refractivity contribution in [2.75, 3.05) is 12.4 Å². The maximum atomic E-state index is 11.2. The van der Waals surface area contributed by atoms with Crippen LogP contribution >= 0.6 is 11.8 Å². The fourth-order valence-electron chi connectivity index (χ4n) is 1.47. The van der Waals surface area contributed by atoms with Gasteiger partial charge in [0.15, 0.2) is 0 Å². The summed E-state index contributed by atoms with van der Waals surface area (Å²) in [6, 6.07) is 6.19. The molecule has 0 aromatic heterocycles. The number of aryl methyl sites for hydroxylation is 2. The van der Waals surface area contributed by atoms with Gasteiger partial charge in [-0.05, 0) is 44.0 Å². The summed E-state index contributed by atoms with van der Waals surface area (Å²) in [5.74, 6) is 0.159. The van der Waals surface area contributed by atoms with Crippen LogP contribution < -0.4 is 0 Å². The lowest BCUT2D eigenvalue weighted by Crippen LogP contribution is -2.17. The molecule has 0 fully saturated rings. The average Bonchev–Trinajstić information content (AvgIpc) is 2.31. The number of benzene rings is 1. The minimum absolute atomic E-state index is 0.0612. The molecule has 0 aliphatic carbocycles. The van der Waals surface area contributed by atoms with Gasteiger partial charge in [-0.2, -0.15) is 0 Å². The Labute approximate surface area is 113 Å². The Morgan fingerprint density at radius 1 is 1.39 bits per heavy atom. The molecule has 1 atom stereocenters.